The molecule has 0 radical (unpaired) electrons. The van der Waals surface area contributed by atoms with Gasteiger partial charge in [0.25, 0.3) is 0 Å². The molecular formula is C5H16Al2. The van der Waals surface area contributed by atoms with Gasteiger partial charge in [0.15, 0.2) is 34.7 Å². The average molecular weight is 130 g/mol. The maximum atomic E-state index is 2.08. The molecule has 42 valence electrons. The molecule has 0 heterocycles. The monoisotopic (exact) mass is 130 g/mol. The minimum Gasteiger partial charge on any atom is -0.0890 e. The molecule has 0 spiro atoms. The summed E-state index contributed by atoms with van der Waals surface area (Å²) >= 11 is 0. The molecule has 0 unspecified atom stereocenters. The number of rotatable bonds is 0. The molecule has 0 amide bonds. The van der Waals surface area contributed by atoms with Crippen LogP contribution in [-0.4, -0.2) is 34.7 Å². The fourth-order valence-electron chi connectivity index (χ4n) is 0. The number of allylic oxidation sites excluding steroid dienone is 2. The lowest BCUT2D eigenvalue weighted by atomic mass is 10.3. The zero-order chi connectivity index (χ0) is 4.28. The van der Waals surface area contributed by atoms with Crippen LogP contribution >= 0.6 is 0 Å². The van der Waals surface area contributed by atoms with Gasteiger partial charge in [-0.3, -0.25) is 0 Å². The molecule has 0 aromatic carbocycles. The Morgan fingerprint density at radius 3 is 1.29 bits per heavy atom. The van der Waals surface area contributed by atoms with Gasteiger partial charge in [-0.15, -0.1) is 0 Å². The van der Waals surface area contributed by atoms with Crippen LogP contribution in [0.25, 0.3) is 0 Å². The molecule has 0 bridgehead atoms. The maximum absolute atomic E-state index is 2.08. The largest absolute Gasteiger partial charge is 0.187 e. The Bertz CT molecular complexity index is 44.0. The molecule has 0 aliphatic heterocycles. The molecule has 0 nitrogen and oxygen atoms in total. The van der Waals surface area contributed by atoms with Gasteiger partial charge in [0.1, 0.15) is 0 Å². The molecule has 7 heavy (non-hydrogen) atoms. The molecule has 2 heteroatoms. The second kappa shape index (κ2) is 9.93. The van der Waals surface area contributed by atoms with Gasteiger partial charge in [0.2, 0.25) is 0 Å². The van der Waals surface area contributed by atoms with E-state index in [1.54, 1.807) is 0 Å². The van der Waals surface area contributed by atoms with Crippen LogP contribution in [0.3, 0.4) is 0 Å². The second-order valence-corrected chi connectivity index (χ2v) is 1.37. The fraction of sp³-hybridized carbons (Fsp3) is 0.600. The van der Waals surface area contributed by atoms with Gasteiger partial charge in [0.05, 0.1) is 0 Å². The van der Waals surface area contributed by atoms with Crippen LogP contribution in [0.5, 0.6) is 0 Å². The van der Waals surface area contributed by atoms with Crippen molar-refractivity contribution in [3.63, 3.8) is 0 Å². The molecule has 0 fully saturated rings. The third kappa shape index (κ3) is 20.0. The van der Waals surface area contributed by atoms with E-state index in [1.807, 2.05) is 6.92 Å². The number of hydrogen-bond donors (Lipinski definition) is 0. The molecule has 0 saturated heterocycles. The smallest absolute Gasteiger partial charge is 0.0890 e. The standard InChI is InChI=1S/C5H10.2Al.6H/c1-4-5(2)3;;;;;;;;/h4H,1-3H3;;;;;;;;. The van der Waals surface area contributed by atoms with E-state index in [-0.39, 0.29) is 34.7 Å². The molecule has 0 aromatic rings. The first kappa shape index (κ1) is 15.7. The van der Waals surface area contributed by atoms with Crippen LogP contribution in [0.2, 0.25) is 0 Å². The summed E-state index contributed by atoms with van der Waals surface area (Å²) in [6.45, 7) is 6.20. The minimum atomic E-state index is 0. The van der Waals surface area contributed by atoms with E-state index in [9.17, 15) is 0 Å². The molecular weight excluding hydrogens is 114 g/mol. The van der Waals surface area contributed by atoms with E-state index in [1.165, 1.54) is 5.57 Å². The second-order valence-electron chi connectivity index (χ2n) is 1.37. The quantitative estimate of drug-likeness (QED) is 0.309. The van der Waals surface area contributed by atoms with Crippen LogP contribution in [0.1, 0.15) is 20.8 Å². The highest BCUT2D eigenvalue weighted by Crippen LogP contribution is 1.82. The Morgan fingerprint density at radius 2 is 1.29 bits per heavy atom. The highest BCUT2D eigenvalue weighted by atomic mass is 27.0. The SMILES string of the molecule is CC=C(C)C.[AlH3].[AlH3]. The van der Waals surface area contributed by atoms with Crippen LogP contribution in [0, 0.1) is 0 Å². The van der Waals surface area contributed by atoms with Gasteiger partial charge in [-0.05, 0) is 20.8 Å². The van der Waals surface area contributed by atoms with Gasteiger partial charge >= 0.3 is 0 Å². The van der Waals surface area contributed by atoms with Crippen LogP contribution < -0.4 is 0 Å². The summed E-state index contributed by atoms with van der Waals surface area (Å²) in [5.41, 5.74) is 1.38. The summed E-state index contributed by atoms with van der Waals surface area (Å²) in [6.07, 6.45) is 2.08. The Balaban J connectivity index is -0.0000000800. The zero-order valence-electron chi connectivity index (χ0n) is 4.08. The van der Waals surface area contributed by atoms with Crippen molar-refractivity contribution in [3.05, 3.63) is 11.6 Å². The molecule has 0 rings (SSSR count). The Hall–Kier alpha value is 0.805. The van der Waals surface area contributed by atoms with Gasteiger partial charge in [-0.1, -0.05) is 11.6 Å². The highest BCUT2D eigenvalue weighted by Gasteiger charge is 1.60. The lowest BCUT2D eigenvalue weighted by molar-refractivity contribution is 1.36. The highest BCUT2D eigenvalue weighted by molar-refractivity contribution is 5.76. The fourth-order valence-corrected chi connectivity index (χ4v) is 0. The maximum Gasteiger partial charge on any atom is 0.187 e. The van der Waals surface area contributed by atoms with Crippen molar-refractivity contribution in [2.45, 2.75) is 20.8 Å². The van der Waals surface area contributed by atoms with Crippen molar-refractivity contribution in [3.8, 4) is 0 Å². The van der Waals surface area contributed by atoms with Crippen molar-refractivity contribution < 1.29 is 0 Å². The zero-order valence-corrected chi connectivity index (χ0v) is 4.08. The first-order chi connectivity index (χ1) is 2.27. The van der Waals surface area contributed by atoms with Crippen molar-refractivity contribution in [1.82, 2.24) is 0 Å². The van der Waals surface area contributed by atoms with Crippen LogP contribution in [0.15, 0.2) is 11.6 Å². The normalized spacial score (nSPS) is 5.00. The summed E-state index contributed by atoms with van der Waals surface area (Å²) < 4.78 is 0. The first-order valence-corrected chi connectivity index (χ1v) is 1.87. The van der Waals surface area contributed by atoms with E-state index < -0.39 is 0 Å². The van der Waals surface area contributed by atoms with Gasteiger partial charge in [-0.2, -0.15) is 0 Å². The van der Waals surface area contributed by atoms with Gasteiger partial charge in [-0.25, -0.2) is 0 Å². The van der Waals surface area contributed by atoms with Crippen LogP contribution in [-0.2, 0) is 0 Å². The van der Waals surface area contributed by atoms with Crippen molar-refractivity contribution in [2.24, 2.45) is 0 Å². The van der Waals surface area contributed by atoms with Crippen LogP contribution in [0.4, 0.5) is 0 Å². The van der Waals surface area contributed by atoms with Crippen molar-refractivity contribution in [2.75, 3.05) is 0 Å². The topological polar surface area (TPSA) is 0 Å². The van der Waals surface area contributed by atoms with Gasteiger partial charge in [0, 0.05) is 0 Å². The third-order valence-electron chi connectivity index (χ3n) is 0.577. The predicted molar refractivity (Wildman–Crippen MR) is 45.0 cm³/mol. The molecule has 0 aliphatic carbocycles. The Morgan fingerprint density at radius 1 is 1.14 bits per heavy atom. The minimum absolute atomic E-state index is 0. The van der Waals surface area contributed by atoms with Crippen molar-refractivity contribution >= 4 is 34.7 Å². The van der Waals surface area contributed by atoms with Gasteiger partial charge < -0.3 is 0 Å². The summed E-state index contributed by atoms with van der Waals surface area (Å²) in [5.74, 6) is 0. The number of hydrogen-bond acceptors (Lipinski definition) is 0. The van der Waals surface area contributed by atoms with E-state index in [0.29, 0.717) is 0 Å². The summed E-state index contributed by atoms with van der Waals surface area (Å²) in [5, 5.41) is 0. The Kier molecular flexibility index (Phi) is 22.2. The van der Waals surface area contributed by atoms with E-state index in [4.69, 9.17) is 0 Å². The average Bonchev–Trinajstić information content (AvgIpc) is 1.38. The van der Waals surface area contributed by atoms with Crippen molar-refractivity contribution in [1.29, 1.82) is 0 Å². The van der Waals surface area contributed by atoms with E-state index >= 15 is 0 Å². The molecule has 0 aliphatic rings. The lowest BCUT2D eigenvalue weighted by Gasteiger charge is -1.74. The van der Waals surface area contributed by atoms with E-state index in [0.717, 1.165) is 0 Å². The predicted octanol–water partition coefficient (Wildman–Crippen LogP) is -0.395. The summed E-state index contributed by atoms with van der Waals surface area (Å²) in [7, 11) is 0. The Labute approximate surface area is 67.3 Å². The first-order valence-electron chi connectivity index (χ1n) is 1.87. The molecule has 0 N–H and O–H groups in total. The molecule has 0 aromatic heterocycles. The third-order valence-corrected chi connectivity index (χ3v) is 0.577. The molecule has 0 saturated carbocycles. The van der Waals surface area contributed by atoms with E-state index in [2.05, 4.69) is 19.9 Å². The summed E-state index contributed by atoms with van der Waals surface area (Å²) in [6, 6.07) is 0. The summed E-state index contributed by atoms with van der Waals surface area (Å²) in [4.78, 5) is 0. The lowest BCUT2D eigenvalue weighted by Crippen LogP contribution is -1.52. The molecule has 0 atom stereocenters.